The molecule has 1 aliphatic carbocycles. The van der Waals surface area contributed by atoms with Crippen molar-refractivity contribution in [3.63, 3.8) is 0 Å². The van der Waals surface area contributed by atoms with Gasteiger partial charge in [0.05, 0.1) is 5.71 Å². The van der Waals surface area contributed by atoms with Gasteiger partial charge in [0.1, 0.15) is 5.76 Å². The molecule has 0 saturated carbocycles. The largest absolute Gasteiger partial charge is 0.455 e. The lowest BCUT2D eigenvalue weighted by molar-refractivity contribution is 0.0994. The Kier molecular flexibility index (Phi) is 6.58. The fourth-order valence-electron chi connectivity index (χ4n) is 3.72. The van der Waals surface area contributed by atoms with Gasteiger partial charge in [0.25, 0.3) is 5.91 Å². The quantitative estimate of drug-likeness (QED) is 0.333. The SMILES string of the molecule is Cc1c(Cl)cccc1NC(=O)c1oc2c(c1C)/C(=N/NC(=S)Nc1ccccc1)CCC2. The highest BCUT2D eigenvalue weighted by molar-refractivity contribution is 7.80. The van der Waals surface area contributed by atoms with Gasteiger partial charge in [-0.15, -0.1) is 0 Å². The van der Waals surface area contributed by atoms with Crippen molar-refractivity contribution in [2.75, 3.05) is 10.6 Å². The molecule has 4 rings (SSSR count). The van der Waals surface area contributed by atoms with Crippen molar-refractivity contribution in [3.8, 4) is 0 Å². The first-order valence-electron chi connectivity index (χ1n) is 10.3. The topological polar surface area (TPSA) is 78.7 Å². The third-order valence-corrected chi connectivity index (χ3v) is 5.97. The number of carbonyl (C=O) groups is 1. The summed E-state index contributed by atoms with van der Waals surface area (Å²) in [6, 6.07) is 15.0. The molecule has 0 bridgehead atoms. The van der Waals surface area contributed by atoms with Crippen LogP contribution in [0.4, 0.5) is 11.4 Å². The van der Waals surface area contributed by atoms with Crippen molar-refractivity contribution < 1.29 is 9.21 Å². The molecule has 1 aliphatic rings. The zero-order valence-corrected chi connectivity index (χ0v) is 19.4. The minimum absolute atomic E-state index is 0.286. The van der Waals surface area contributed by atoms with E-state index in [0.29, 0.717) is 15.8 Å². The summed E-state index contributed by atoms with van der Waals surface area (Å²) < 4.78 is 5.97. The van der Waals surface area contributed by atoms with Crippen LogP contribution in [0, 0.1) is 13.8 Å². The summed E-state index contributed by atoms with van der Waals surface area (Å²) in [5, 5.41) is 11.5. The molecule has 0 spiro atoms. The van der Waals surface area contributed by atoms with Gasteiger partial charge in [-0.2, -0.15) is 5.10 Å². The second-order valence-electron chi connectivity index (χ2n) is 7.56. The lowest BCUT2D eigenvalue weighted by atomic mass is 9.93. The zero-order chi connectivity index (χ0) is 22.7. The molecule has 1 amide bonds. The van der Waals surface area contributed by atoms with Gasteiger partial charge in [0.15, 0.2) is 10.9 Å². The van der Waals surface area contributed by atoms with Crippen molar-refractivity contribution in [3.05, 3.63) is 81.8 Å². The second-order valence-corrected chi connectivity index (χ2v) is 8.38. The van der Waals surface area contributed by atoms with E-state index in [1.54, 1.807) is 12.1 Å². The summed E-state index contributed by atoms with van der Waals surface area (Å²) in [6.07, 6.45) is 2.40. The van der Waals surface area contributed by atoms with Crippen LogP contribution < -0.4 is 16.1 Å². The highest BCUT2D eigenvalue weighted by Crippen LogP contribution is 2.31. The number of anilines is 2. The number of halogens is 1. The number of fused-ring (bicyclic) bond motifs is 1. The molecule has 0 fully saturated rings. The van der Waals surface area contributed by atoms with Crippen molar-refractivity contribution in [1.82, 2.24) is 5.43 Å². The van der Waals surface area contributed by atoms with Crippen LogP contribution in [-0.4, -0.2) is 16.7 Å². The molecule has 32 heavy (non-hydrogen) atoms. The summed E-state index contributed by atoms with van der Waals surface area (Å²) in [4.78, 5) is 13.0. The van der Waals surface area contributed by atoms with E-state index in [2.05, 4.69) is 21.2 Å². The van der Waals surface area contributed by atoms with E-state index in [4.69, 9.17) is 28.2 Å². The number of hydrazone groups is 1. The Morgan fingerprint density at radius 3 is 2.59 bits per heavy atom. The molecule has 0 unspecified atom stereocenters. The third-order valence-electron chi connectivity index (χ3n) is 5.37. The number of benzene rings is 2. The van der Waals surface area contributed by atoms with Crippen LogP contribution in [0.3, 0.4) is 0 Å². The molecule has 2 aromatic carbocycles. The molecule has 0 aliphatic heterocycles. The van der Waals surface area contributed by atoms with E-state index >= 15 is 0 Å². The van der Waals surface area contributed by atoms with Crippen LogP contribution in [0.5, 0.6) is 0 Å². The molecular weight excluding hydrogens is 444 g/mol. The number of furan rings is 1. The smallest absolute Gasteiger partial charge is 0.291 e. The van der Waals surface area contributed by atoms with Crippen molar-refractivity contribution in [2.24, 2.45) is 5.10 Å². The van der Waals surface area contributed by atoms with Gasteiger partial charge in [-0.25, -0.2) is 0 Å². The standard InChI is InChI=1S/C24H23ClN4O2S/c1-14-17(25)10-6-11-18(14)27-23(30)22-15(2)21-19(12-7-13-20(21)31-22)28-29-24(32)26-16-8-4-3-5-9-16/h3-6,8-11H,7,12-13H2,1-2H3,(H,27,30)(H2,26,29,32)/b28-19+. The number of amides is 1. The van der Waals surface area contributed by atoms with Crippen molar-refractivity contribution in [1.29, 1.82) is 0 Å². The Bertz CT molecular complexity index is 1200. The predicted octanol–water partition coefficient (Wildman–Crippen LogP) is 5.83. The number of rotatable bonds is 4. The maximum Gasteiger partial charge on any atom is 0.291 e. The summed E-state index contributed by atoms with van der Waals surface area (Å²) in [6.45, 7) is 3.74. The molecular formula is C24H23ClN4O2S. The Hall–Kier alpha value is -3.16. The first kappa shape index (κ1) is 22.0. The van der Waals surface area contributed by atoms with E-state index in [0.717, 1.165) is 53.1 Å². The van der Waals surface area contributed by atoms with Crippen LogP contribution in [0.15, 0.2) is 58.0 Å². The fraction of sp³-hybridized carbons (Fsp3) is 0.208. The molecule has 1 heterocycles. The minimum Gasteiger partial charge on any atom is -0.455 e. The summed E-state index contributed by atoms with van der Waals surface area (Å²) in [7, 11) is 0. The number of hydrogen-bond acceptors (Lipinski definition) is 4. The van der Waals surface area contributed by atoms with Gasteiger partial charge in [0.2, 0.25) is 0 Å². The zero-order valence-electron chi connectivity index (χ0n) is 17.8. The third kappa shape index (κ3) is 4.69. The molecule has 8 heteroatoms. The van der Waals surface area contributed by atoms with E-state index < -0.39 is 0 Å². The van der Waals surface area contributed by atoms with Gasteiger partial charge in [-0.1, -0.05) is 35.9 Å². The number of nitrogens with one attached hydrogen (secondary N) is 3. The van der Waals surface area contributed by atoms with Crippen LogP contribution in [0.25, 0.3) is 0 Å². The van der Waals surface area contributed by atoms with Crippen molar-refractivity contribution >= 4 is 51.9 Å². The molecule has 0 atom stereocenters. The molecule has 6 nitrogen and oxygen atoms in total. The van der Waals surface area contributed by atoms with Gasteiger partial charge in [-0.05, 0) is 68.7 Å². The maximum absolute atomic E-state index is 13.0. The van der Waals surface area contributed by atoms with E-state index in [1.165, 1.54) is 0 Å². The molecule has 1 aromatic heterocycles. The maximum atomic E-state index is 13.0. The van der Waals surface area contributed by atoms with Crippen molar-refractivity contribution in [2.45, 2.75) is 33.1 Å². The number of para-hydroxylation sites is 1. The van der Waals surface area contributed by atoms with E-state index in [9.17, 15) is 4.79 Å². The normalized spacial score (nSPS) is 14.0. The van der Waals surface area contributed by atoms with Crippen LogP contribution in [-0.2, 0) is 6.42 Å². The van der Waals surface area contributed by atoms with E-state index in [-0.39, 0.29) is 11.7 Å². The number of nitrogens with zero attached hydrogens (tertiary/aromatic N) is 1. The summed E-state index contributed by atoms with van der Waals surface area (Å²) in [5.74, 6) is 0.744. The Balaban J connectivity index is 1.53. The fourth-order valence-corrected chi connectivity index (χ4v) is 4.06. The monoisotopic (exact) mass is 466 g/mol. The van der Waals surface area contributed by atoms with Crippen LogP contribution in [0.1, 0.15) is 45.8 Å². The molecule has 0 saturated heterocycles. The van der Waals surface area contributed by atoms with Gasteiger partial charge < -0.3 is 15.1 Å². The molecule has 3 aromatic rings. The highest BCUT2D eigenvalue weighted by Gasteiger charge is 2.28. The summed E-state index contributed by atoms with van der Waals surface area (Å²) >= 11 is 11.5. The molecule has 3 N–H and O–H groups in total. The number of thiocarbonyl (C=S) groups is 1. The predicted molar refractivity (Wildman–Crippen MR) is 133 cm³/mol. The molecule has 164 valence electrons. The lowest BCUT2D eigenvalue weighted by Crippen LogP contribution is -2.26. The number of hydrogen-bond donors (Lipinski definition) is 3. The first-order chi connectivity index (χ1) is 15.4. The Labute approximate surface area is 197 Å². The highest BCUT2D eigenvalue weighted by atomic mass is 35.5. The lowest BCUT2D eigenvalue weighted by Gasteiger charge is -2.14. The van der Waals surface area contributed by atoms with Crippen LogP contribution >= 0.6 is 23.8 Å². The van der Waals surface area contributed by atoms with Gasteiger partial charge in [-0.3, -0.25) is 10.2 Å². The number of aryl methyl sites for hydroxylation is 1. The summed E-state index contributed by atoms with van der Waals surface area (Å²) in [5.41, 5.74) is 7.72. The minimum atomic E-state index is -0.309. The number of carbonyl (C=O) groups excluding carboxylic acids is 1. The molecule has 0 radical (unpaired) electrons. The Morgan fingerprint density at radius 2 is 1.81 bits per heavy atom. The van der Waals surface area contributed by atoms with Gasteiger partial charge >= 0.3 is 0 Å². The van der Waals surface area contributed by atoms with Gasteiger partial charge in [0, 0.05) is 33.9 Å². The average Bonchev–Trinajstić information content (AvgIpc) is 3.13. The second kappa shape index (κ2) is 9.54. The van der Waals surface area contributed by atoms with E-state index in [1.807, 2.05) is 50.2 Å². The average molecular weight is 467 g/mol. The Morgan fingerprint density at radius 1 is 1.03 bits per heavy atom. The first-order valence-corrected chi connectivity index (χ1v) is 11.1. The van der Waals surface area contributed by atoms with Crippen LogP contribution in [0.2, 0.25) is 5.02 Å².